The third kappa shape index (κ3) is 3.41. The lowest BCUT2D eigenvalue weighted by Crippen LogP contribution is -2.13. The van der Waals surface area contributed by atoms with Crippen LogP contribution in [-0.4, -0.2) is 21.0 Å². The molecule has 4 rings (SSSR count). The smallest absolute Gasteiger partial charge is 0.342 e. The van der Waals surface area contributed by atoms with Crippen LogP contribution in [0.15, 0.2) is 63.9 Å². The highest BCUT2D eigenvalue weighted by Gasteiger charge is 2.26. The number of carbonyl (C=O) groups is 1. The van der Waals surface area contributed by atoms with Crippen LogP contribution >= 0.6 is 0 Å². The first kappa shape index (κ1) is 20.0. The summed E-state index contributed by atoms with van der Waals surface area (Å²) in [5.74, 6) is -0.159. The molecule has 0 aliphatic heterocycles. The Kier molecular flexibility index (Phi) is 4.99. The molecule has 0 radical (unpaired) electrons. The van der Waals surface area contributed by atoms with Crippen LogP contribution in [0.25, 0.3) is 21.7 Å². The fourth-order valence-electron chi connectivity index (χ4n) is 3.52. The van der Waals surface area contributed by atoms with E-state index >= 15 is 0 Å². The molecule has 0 fully saturated rings. The van der Waals surface area contributed by atoms with Crippen molar-refractivity contribution in [3.05, 3.63) is 71.5 Å². The normalized spacial score (nSPS) is 11.7. The fraction of sp³-hybridized carbons (Fsp3) is 0.174. The highest BCUT2D eigenvalue weighted by Crippen LogP contribution is 2.37. The summed E-state index contributed by atoms with van der Waals surface area (Å²) < 4.78 is 40.2. The van der Waals surface area contributed by atoms with Gasteiger partial charge in [0.2, 0.25) is 0 Å². The molecule has 0 bridgehead atoms. The predicted molar refractivity (Wildman–Crippen MR) is 116 cm³/mol. The van der Waals surface area contributed by atoms with Gasteiger partial charge in [0.1, 0.15) is 16.9 Å². The van der Waals surface area contributed by atoms with Crippen LogP contribution < -0.4 is 4.72 Å². The topological polar surface area (TPSA) is 85.6 Å². The minimum atomic E-state index is -3.93. The number of carbonyl (C=O) groups excluding carboxylic acids is 1. The van der Waals surface area contributed by atoms with E-state index in [0.29, 0.717) is 33.2 Å². The SMILES string of the molecule is CCOC(=O)c1c(C)oc2c1cc(S(=O)(=O)Nc1ccc(C)cc1)c1ccccc12. The van der Waals surface area contributed by atoms with Crippen molar-refractivity contribution in [2.75, 3.05) is 11.3 Å². The Balaban J connectivity index is 1.97. The van der Waals surface area contributed by atoms with Crippen LogP contribution in [0.1, 0.15) is 28.6 Å². The van der Waals surface area contributed by atoms with Crippen LogP contribution in [0.5, 0.6) is 0 Å². The van der Waals surface area contributed by atoms with Gasteiger partial charge in [-0.25, -0.2) is 13.2 Å². The number of furan rings is 1. The minimum absolute atomic E-state index is 0.0672. The number of esters is 1. The van der Waals surface area contributed by atoms with Gasteiger partial charge in [-0.1, -0.05) is 42.0 Å². The first-order chi connectivity index (χ1) is 14.3. The van der Waals surface area contributed by atoms with Gasteiger partial charge in [0.25, 0.3) is 10.0 Å². The summed E-state index contributed by atoms with van der Waals surface area (Å²) in [5, 5.41) is 1.53. The van der Waals surface area contributed by atoms with E-state index in [1.165, 1.54) is 6.07 Å². The lowest BCUT2D eigenvalue weighted by Gasteiger charge is -2.12. The number of nitrogens with one attached hydrogen (secondary N) is 1. The van der Waals surface area contributed by atoms with E-state index in [1.54, 1.807) is 50.2 Å². The molecule has 1 N–H and O–H groups in total. The molecule has 6 nitrogen and oxygen atoms in total. The van der Waals surface area contributed by atoms with Crippen LogP contribution in [0.4, 0.5) is 5.69 Å². The molecule has 0 aliphatic rings. The Labute approximate surface area is 174 Å². The number of sulfonamides is 1. The van der Waals surface area contributed by atoms with Crippen molar-refractivity contribution in [3.8, 4) is 0 Å². The maximum Gasteiger partial charge on any atom is 0.342 e. The Morgan fingerprint density at radius 2 is 1.67 bits per heavy atom. The summed E-state index contributed by atoms with van der Waals surface area (Å²) in [6.45, 7) is 5.52. The molecule has 0 saturated heterocycles. The Hall–Kier alpha value is -3.32. The number of hydrogen-bond acceptors (Lipinski definition) is 5. The molecule has 7 heteroatoms. The summed E-state index contributed by atoms with van der Waals surface area (Å²) in [4.78, 5) is 12.6. The van der Waals surface area contributed by atoms with Crippen LogP contribution in [0.2, 0.25) is 0 Å². The molecule has 1 heterocycles. The van der Waals surface area contributed by atoms with Gasteiger partial charge in [-0.05, 0) is 39.0 Å². The first-order valence-electron chi connectivity index (χ1n) is 9.53. The summed E-state index contributed by atoms with van der Waals surface area (Å²) in [6, 6.07) is 15.6. The van der Waals surface area contributed by atoms with Gasteiger partial charge in [0, 0.05) is 21.8 Å². The van der Waals surface area contributed by atoms with E-state index in [1.807, 2.05) is 19.1 Å². The van der Waals surface area contributed by atoms with E-state index in [2.05, 4.69) is 4.72 Å². The quantitative estimate of drug-likeness (QED) is 0.447. The van der Waals surface area contributed by atoms with Crippen molar-refractivity contribution in [2.24, 2.45) is 0 Å². The van der Waals surface area contributed by atoms with E-state index in [0.717, 1.165) is 5.56 Å². The predicted octanol–water partition coefficient (Wildman–Crippen LogP) is 5.18. The van der Waals surface area contributed by atoms with Crippen molar-refractivity contribution in [1.82, 2.24) is 0 Å². The van der Waals surface area contributed by atoms with Crippen LogP contribution in [0, 0.1) is 13.8 Å². The fourth-order valence-corrected chi connectivity index (χ4v) is 4.81. The molecular formula is C23H21NO5S. The van der Waals surface area contributed by atoms with Crippen molar-refractivity contribution in [2.45, 2.75) is 25.7 Å². The number of benzene rings is 3. The lowest BCUT2D eigenvalue weighted by molar-refractivity contribution is 0.0526. The second-order valence-corrected chi connectivity index (χ2v) is 8.67. The third-order valence-electron chi connectivity index (χ3n) is 4.91. The monoisotopic (exact) mass is 423 g/mol. The maximum atomic E-state index is 13.3. The molecule has 0 spiro atoms. The van der Waals surface area contributed by atoms with Gasteiger partial charge in [0.15, 0.2) is 0 Å². The highest BCUT2D eigenvalue weighted by atomic mass is 32.2. The molecule has 30 heavy (non-hydrogen) atoms. The molecule has 0 aliphatic carbocycles. The second-order valence-electron chi connectivity index (χ2n) is 7.02. The number of aryl methyl sites for hydroxylation is 2. The van der Waals surface area contributed by atoms with E-state index in [-0.39, 0.29) is 17.1 Å². The number of anilines is 1. The molecule has 0 unspecified atom stereocenters. The summed E-state index contributed by atoms with van der Waals surface area (Å²) in [5.41, 5.74) is 2.18. The molecule has 1 aromatic heterocycles. The van der Waals surface area contributed by atoms with Gasteiger partial charge >= 0.3 is 5.97 Å². The van der Waals surface area contributed by atoms with E-state index in [4.69, 9.17) is 9.15 Å². The number of fused-ring (bicyclic) bond motifs is 3. The van der Waals surface area contributed by atoms with Crippen molar-refractivity contribution in [1.29, 1.82) is 0 Å². The van der Waals surface area contributed by atoms with Crippen molar-refractivity contribution in [3.63, 3.8) is 0 Å². The van der Waals surface area contributed by atoms with E-state index < -0.39 is 16.0 Å². The average molecular weight is 423 g/mol. The van der Waals surface area contributed by atoms with Gasteiger partial charge in [-0.2, -0.15) is 0 Å². The average Bonchev–Trinajstić information content (AvgIpc) is 3.05. The standard InChI is InChI=1S/C23H21NO5S/c1-4-28-23(25)21-15(3)29-22-18-8-6-5-7-17(18)20(13-19(21)22)30(26,27)24-16-11-9-14(2)10-12-16/h5-13,24H,4H2,1-3H3. The number of hydrogen-bond donors (Lipinski definition) is 1. The third-order valence-corrected chi connectivity index (χ3v) is 6.33. The van der Waals surface area contributed by atoms with Gasteiger partial charge in [-0.3, -0.25) is 4.72 Å². The maximum absolute atomic E-state index is 13.3. The second kappa shape index (κ2) is 7.50. The van der Waals surface area contributed by atoms with Crippen molar-refractivity contribution < 1.29 is 22.4 Å². The Morgan fingerprint density at radius 3 is 2.33 bits per heavy atom. The first-order valence-corrected chi connectivity index (χ1v) is 11.0. The number of rotatable bonds is 5. The van der Waals surface area contributed by atoms with Crippen LogP contribution in [-0.2, 0) is 14.8 Å². The Bertz CT molecular complexity index is 1370. The molecule has 0 amide bonds. The molecular weight excluding hydrogens is 402 g/mol. The minimum Gasteiger partial charge on any atom is -0.462 e. The lowest BCUT2D eigenvalue weighted by atomic mass is 10.0. The van der Waals surface area contributed by atoms with Gasteiger partial charge in [-0.15, -0.1) is 0 Å². The highest BCUT2D eigenvalue weighted by molar-refractivity contribution is 7.93. The zero-order valence-corrected chi connectivity index (χ0v) is 17.7. The van der Waals surface area contributed by atoms with E-state index in [9.17, 15) is 13.2 Å². The zero-order chi connectivity index (χ0) is 21.5. The van der Waals surface area contributed by atoms with Gasteiger partial charge in [0.05, 0.1) is 11.5 Å². The zero-order valence-electron chi connectivity index (χ0n) is 16.9. The summed E-state index contributed by atoms with van der Waals surface area (Å²) >= 11 is 0. The Morgan fingerprint density at radius 1 is 1.00 bits per heavy atom. The molecule has 4 aromatic rings. The van der Waals surface area contributed by atoms with Crippen molar-refractivity contribution >= 4 is 43.4 Å². The summed E-state index contributed by atoms with van der Waals surface area (Å²) in [7, 11) is -3.93. The largest absolute Gasteiger partial charge is 0.462 e. The molecule has 154 valence electrons. The van der Waals surface area contributed by atoms with Gasteiger partial charge < -0.3 is 9.15 Å². The molecule has 3 aromatic carbocycles. The molecule has 0 atom stereocenters. The summed E-state index contributed by atoms with van der Waals surface area (Å²) in [6.07, 6.45) is 0. The molecule has 0 saturated carbocycles. The van der Waals surface area contributed by atoms with Crippen LogP contribution in [0.3, 0.4) is 0 Å². The number of ether oxygens (including phenoxy) is 1.